The Bertz CT molecular complexity index is 586. The molecule has 136 valence electrons. The molecule has 2 saturated heterocycles. The number of hydrogen-bond acceptors (Lipinski definition) is 4. The summed E-state index contributed by atoms with van der Waals surface area (Å²) in [5.74, 6) is -0.0667. The van der Waals surface area contributed by atoms with Crippen molar-refractivity contribution in [3.63, 3.8) is 0 Å². The molecule has 6 heteroatoms. The first-order chi connectivity index (χ1) is 12.2. The fourth-order valence-corrected chi connectivity index (χ4v) is 3.39. The molecule has 0 spiro atoms. The van der Waals surface area contributed by atoms with Gasteiger partial charge in [0.05, 0.1) is 25.7 Å². The molecule has 0 bridgehead atoms. The van der Waals surface area contributed by atoms with Gasteiger partial charge in [-0.3, -0.25) is 9.59 Å². The topological polar surface area (TPSA) is 59.1 Å². The molecular weight excluding hydrogens is 320 g/mol. The maximum atomic E-state index is 12.6. The number of carbonyl (C=O) groups is 2. The molecule has 6 nitrogen and oxygen atoms in total. The summed E-state index contributed by atoms with van der Waals surface area (Å²) in [4.78, 5) is 28.3. The Kier molecular flexibility index (Phi) is 6.04. The van der Waals surface area contributed by atoms with Crippen molar-refractivity contribution in [2.45, 2.75) is 37.8 Å². The Morgan fingerprint density at radius 1 is 1.32 bits per heavy atom. The van der Waals surface area contributed by atoms with Gasteiger partial charge in [0.15, 0.2) is 0 Å². The van der Waals surface area contributed by atoms with Gasteiger partial charge in [-0.25, -0.2) is 0 Å². The van der Waals surface area contributed by atoms with Gasteiger partial charge in [-0.15, -0.1) is 0 Å². The summed E-state index contributed by atoms with van der Waals surface area (Å²) in [5.41, 5.74) is 0.885. The van der Waals surface area contributed by atoms with Gasteiger partial charge in [0, 0.05) is 25.9 Å². The first-order valence-electron chi connectivity index (χ1n) is 8.98. The van der Waals surface area contributed by atoms with Crippen molar-refractivity contribution in [3.05, 3.63) is 30.3 Å². The average Bonchev–Trinajstić information content (AvgIpc) is 3.28. The van der Waals surface area contributed by atoms with E-state index in [9.17, 15) is 9.59 Å². The molecule has 2 aliphatic heterocycles. The van der Waals surface area contributed by atoms with E-state index in [1.54, 1.807) is 16.8 Å². The van der Waals surface area contributed by atoms with E-state index in [1.807, 2.05) is 30.3 Å². The van der Waals surface area contributed by atoms with E-state index in [1.165, 1.54) is 0 Å². The quantitative estimate of drug-likeness (QED) is 0.707. The second-order valence-electron chi connectivity index (χ2n) is 6.59. The van der Waals surface area contributed by atoms with Gasteiger partial charge < -0.3 is 19.3 Å². The number of nitrogens with zero attached hydrogens (tertiary/aromatic N) is 2. The second kappa shape index (κ2) is 8.45. The number of carbonyl (C=O) groups excluding carboxylic acids is 2. The number of rotatable bonds is 7. The molecule has 1 aromatic rings. The molecule has 2 atom stereocenters. The van der Waals surface area contributed by atoms with Crippen LogP contribution in [0.25, 0.3) is 0 Å². The van der Waals surface area contributed by atoms with Crippen LogP contribution in [0.2, 0.25) is 0 Å². The fourth-order valence-electron chi connectivity index (χ4n) is 3.39. The van der Waals surface area contributed by atoms with Gasteiger partial charge >= 0.3 is 0 Å². The van der Waals surface area contributed by atoms with Crippen LogP contribution in [0.3, 0.4) is 0 Å². The van der Waals surface area contributed by atoms with Crippen molar-refractivity contribution >= 4 is 17.5 Å². The Balaban J connectivity index is 1.44. The highest BCUT2D eigenvalue weighted by Crippen LogP contribution is 2.24. The van der Waals surface area contributed by atoms with E-state index in [2.05, 4.69) is 0 Å². The van der Waals surface area contributed by atoms with E-state index < -0.39 is 0 Å². The first-order valence-corrected chi connectivity index (χ1v) is 8.98. The average molecular weight is 346 g/mol. The molecular formula is C19H26N2O4. The zero-order valence-corrected chi connectivity index (χ0v) is 14.7. The standard InChI is InChI=1S/C19H26N2O4/c1-20(18(22)10-13-24-14-16-8-5-12-25-16)17-9-11-21(19(17)23)15-6-3-2-4-7-15/h2-4,6-7,16-17H,5,8-14H2,1H3/t16-,17+/m0/s1. The van der Waals surface area contributed by atoms with Crippen LogP contribution in [-0.4, -0.2) is 62.3 Å². The number of benzene rings is 1. The lowest BCUT2D eigenvalue weighted by molar-refractivity contribution is -0.137. The van der Waals surface area contributed by atoms with Gasteiger partial charge in [0.1, 0.15) is 6.04 Å². The maximum Gasteiger partial charge on any atom is 0.249 e. The van der Waals surface area contributed by atoms with Gasteiger partial charge in [-0.2, -0.15) is 0 Å². The minimum absolute atomic E-state index is 0.0117. The summed E-state index contributed by atoms with van der Waals surface area (Å²) in [7, 11) is 1.71. The Morgan fingerprint density at radius 2 is 2.12 bits per heavy atom. The van der Waals surface area contributed by atoms with Crippen molar-refractivity contribution in [3.8, 4) is 0 Å². The van der Waals surface area contributed by atoms with Crippen LogP contribution >= 0.6 is 0 Å². The molecule has 0 aliphatic carbocycles. The summed E-state index contributed by atoms with van der Waals surface area (Å²) in [6.45, 7) is 2.35. The largest absolute Gasteiger partial charge is 0.378 e. The molecule has 0 saturated carbocycles. The van der Waals surface area contributed by atoms with Gasteiger partial charge in [0.2, 0.25) is 11.8 Å². The number of anilines is 1. The molecule has 2 heterocycles. The number of hydrogen-bond donors (Lipinski definition) is 0. The van der Waals surface area contributed by atoms with Gasteiger partial charge in [-0.1, -0.05) is 18.2 Å². The van der Waals surface area contributed by atoms with Crippen molar-refractivity contribution in [1.82, 2.24) is 4.90 Å². The second-order valence-corrected chi connectivity index (χ2v) is 6.59. The number of likely N-dealkylation sites (N-methyl/N-ethyl adjacent to an activating group) is 1. The SMILES string of the molecule is CN(C(=O)CCOC[C@@H]1CCCO1)[C@@H]1CCN(c2ccccc2)C1=O. The molecule has 2 amide bonds. The summed E-state index contributed by atoms with van der Waals surface area (Å²) < 4.78 is 11.0. The van der Waals surface area contributed by atoms with Crippen LogP contribution < -0.4 is 4.90 Å². The smallest absolute Gasteiger partial charge is 0.249 e. The number of para-hydroxylation sites is 1. The predicted octanol–water partition coefficient (Wildman–Crippen LogP) is 1.84. The lowest BCUT2D eigenvalue weighted by Crippen LogP contribution is -2.43. The third-order valence-electron chi connectivity index (χ3n) is 4.89. The zero-order valence-electron chi connectivity index (χ0n) is 14.7. The normalized spacial score (nSPS) is 23.2. The minimum atomic E-state index is -0.383. The van der Waals surface area contributed by atoms with E-state index in [-0.39, 0.29) is 24.0 Å². The number of amides is 2. The molecule has 2 fully saturated rings. The molecule has 1 aromatic carbocycles. The summed E-state index contributed by atoms with van der Waals surface area (Å²) in [6.07, 6.45) is 3.23. The van der Waals surface area contributed by atoms with E-state index in [0.29, 0.717) is 32.6 Å². The molecule has 2 aliphatic rings. The molecule has 0 radical (unpaired) electrons. The van der Waals surface area contributed by atoms with E-state index >= 15 is 0 Å². The fraction of sp³-hybridized carbons (Fsp3) is 0.579. The molecule has 0 N–H and O–H groups in total. The summed E-state index contributed by atoms with van der Waals surface area (Å²) in [6, 6.07) is 9.20. The maximum absolute atomic E-state index is 12.6. The minimum Gasteiger partial charge on any atom is -0.378 e. The van der Waals surface area contributed by atoms with Crippen molar-refractivity contribution in [1.29, 1.82) is 0 Å². The highest BCUT2D eigenvalue weighted by atomic mass is 16.5. The molecule has 0 unspecified atom stereocenters. The van der Waals surface area contributed by atoms with Crippen LogP contribution in [-0.2, 0) is 19.1 Å². The molecule has 0 aromatic heterocycles. The van der Waals surface area contributed by atoms with Crippen LogP contribution in [0, 0.1) is 0 Å². The molecule has 3 rings (SSSR count). The summed E-state index contributed by atoms with van der Waals surface area (Å²) >= 11 is 0. The van der Waals surface area contributed by atoms with E-state index in [0.717, 1.165) is 25.1 Å². The van der Waals surface area contributed by atoms with Crippen molar-refractivity contribution < 1.29 is 19.1 Å². The van der Waals surface area contributed by atoms with Crippen LogP contribution in [0.4, 0.5) is 5.69 Å². The monoisotopic (exact) mass is 346 g/mol. The van der Waals surface area contributed by atoms with E-state index in [4.69, 9.17) is 9.47 Å². The summed E-state index contributed by atoms with van der Waals surface area (Å²) in [5, 5.41) is 0. The van der Waals surface area contributed by atoms with Crippen LogP contribution in [0.15, 0.2) is 30.3 Å². The Labute approximate surface area is 148 Å². The molecule has 25 heavy (non-hydrogen) atoms. The third kappa shape index (κ3) is 4.38. The van der Waals surface area contributed by atoms with Gasteiger partial charge in [0.25, 0.3) is 0 Å². The highest BCUT2D eigenvalue weighted by molar-refractivity contribution is 6.01. The number of ether oxygens (including phenoxy) is 2. The van der Waals surface area contributed by atoms with Crippen molar-refractivity contribution in [2.75, 3.05) is 38.3 Å². The predicted molar refractivity (Wildman–Crippen MR) is 94.4 cm³/mol. The van der Waals surface area contributed by atoms with Gasteiger partial charge in [-0.05, 0) is 31.4 Å². The van der Waals surface area contributed by atoms with Crippen LogP contribution in [0.1, 0.15) is 25.7 Å². The Morgan fingerprint density at radius 3 is 2.84 bits per heavy atom. The lowest BCUT2D eigenvalue weighted by Gasteiger charge is -2.24. The highest BCUT2D eigenvalue weighted by Gasteiger charge is 2.36. The zero-order chi connectivity index (χ0) is 17.6. The van der Waals surface area contributed by atoms with Crippen molar-refractivity contribution in [2.24, 2.45) is 0 Å². The Hall–Kier alpha value is -1.92. The first kappa shape index (κ1) is 17.9. The third-order valence-corrected chi connectivity index (χ3v) is 4.89. The lowest BCUT2D eigenvalue weighted by atomic mass is 10.2. The van der Waals surface area contributed by atoms with Crippen LogP contribution in [0.5, 0.6) is 0 Å².